The van der Waals surface area contributed by atoms with E-state index in [1.54, 1.807) is 23.5 Å². The van der Waals surface area contributed by atoms with Gasteiger partial charge in [0.1, 0.15) is 10.8 Å². The lowest BCUT2D eigenvalue weighted by Gasteiger charge is -1.95. The molecule has 2 aromatic rings. The van der Waals surface area contributed by atoms with E-state index in [1.807, 2.05) is 0 Å². The average Bonchev–Trinajstić information content (AvgIpc) is 2.56. The summed E-state index contributed by atoms with van der Waals surface area (Å²) in [6.45, 7) is 4.18. The van der Waals surface area contributed by atoms with Crippen molar-refractivity contribution >= 4 is 33.2 Å². The van der Waals surface area contributed by atoms with Crippen molar-refractivity contribution in [3.05, 3.63) is 22.2 Å². The van der Waals surface area contributed by atoms with Crippen LogP contribution in [0, 0.1) is 0 Å². The van der Waals surface area contributed by atoms with E-state index in [-0.39, 0.29) is 5.75 Å². The maximum Gasteiger partial charge on any atom is 0.135 e. The van der Waals surface area contributed by atoms with Gasteiger partial charge < -0.3 is 5.11 Å². The van der Waals surface area contributed by atoms with Gasteiger partial charge >= 0.3 is 0 Å². The second-order valence-corrected chi connectivity index (χ2v) is 4.86. The van der Waals surface area contributed by atoms with Gasteiger partial charge in [-0.2, -0.15) is 0 Å². The highest BCUT2D eigenvalue weighted by atomic mass is 35.5. The number of rotatable bonds is 1. The molecule has 0 bridgehead atoms. The molecule has 1 aromatic heterocycles. The van der Waals surface area contributed by atoms with Crippen LogP contribution in [0.15, 0.2) is 12.1 Å². The third-order valence-electron chi connectivity index (χ3n) is 1.99. The molecule has 0 aliphatic carbocycles. The third-order valence-corrected chi connectivity index (χ3v) is 3.87. The predicted octanol–water partition coefficient (Wildman–Crippen LogP) is 3.78. The molecule has 0 aliphatic rings. The maximum atomic E-state index is 9.41. The SMILES string of the molecule is CC(C)c1nc2ccc(O)c(Cl)c2s1. The van der Waals surface area contributed by atoms with Gasteiger partial charge in [-0.1, -0.05) is 25.4 Å². The first-order valence-electron chi connectivity index (χ1n) is 4.37. The first-order valence-corrected chi connectivity index (χ1v) is 5.57. The highest BCUT2D eigenvalue weighted by Gasteiger charge is 2.11. The van der Waals surface area contributed by atoms with Crippen LogP contribution in [0.3, 0.4) is 0 Å². The highest BCUT2D eigenvalue weighted by Crippen LogP contribution is 2.37. The van der Waals surface area contributed by atoms with Gasteiger partial charge in [0.05, 0.1) is 15.2 Å². The summed E-state index contributed by atoms with van der Waals surface area (Å²) < 4.78 is 0.871. The molecule has 0 saturated carbocycles. The Balaban J connectivity index is 2.71. The minimum Gasteiger partial charge on any atom is -0.506 e. The minimum absolute atomic E-state index is 0.123. The molecule has 0 unspecified atom stereocenters. The molecule has 0 fully saturated rings. The molecule has 0 aliphatic heterocycles. The highest BCUT2D eigenvalue weighted by molar-refractivity contribution is 7.19. The van der Waals surface area contributed by atoms with E-state index in [0.29, 0.717) is 10.9 Å². The van der Waals surface area contributed by atoms with Crippen molar-refractivity contribution < 1.29 is 5.11 Å². The quantitative estimate of drug-likeness (QED) is 0.804. The lowest BCUT2D eigenvalue weighted by Crippen LogP contribution is -1.82. The van der Waals surface area contributed by atoms with Crippen LogP contribution in [0.25, 0.3) is 10.2 Å². The number of phenolic OH excluding ortho intramolecular Hbond substituents is 1. The normalized spacial score (nSPS) is 11.4. The summed E-state index contributed by atoms with van der Waals surface area (Å²) in [6, 6.07) is 3.37. The zero-order chi connectivity index (χ0) is 10.3. The lowest BCUT2D eigenvalue weighted by molar-refractivity contribution is 0.476. The van der Waals surface area contributed by atoms with Gasteiger partial charge in [0.25, 0.3) is 0 Å². The van der Waals surface area contributed by atoms with Crippen LogP contribution in [-0.4, -0.2) is 10.1 Å². The van der Waals surface area contributed by atoms with E-state index in [9.17, 15) is 5.11 Å². The predicted molar refractivity (Wildman–Crippen MR) is 60.4 cm³/mol. The molecule has 0 radical (unpaired) electrons. The number of aromatic hydroxyl groups is 1. The zero-order valence-corrected chi connectivity index (χ0v) is 9.49. The summed E-state index contributed by atoms with van der Waals surface area (Å²) in [5.41, 5.74) is 0.863. The molecule has 4 heteroatoms. The Kier molecular flexibility index (Phi) is 2.37. The molecule has 0 amide bonds. The number of halogens is 1. The first-order chi connectivity index (χ1) is 6.59. The fourth-order valence-electron chi connectivity index (χ4n) is 1.21. The Morgan fingerprint density at radius 2 is 2.14 bits per heavy atom. The molecule has 0 saturated heterocycles. The van der Waals surface area contributed by atoms with Crippen molar-refractivity contribution in [1.29, 1.82) is 0 Å². The van der Waals surface area contributed by atoms with Gasteiger partial charge in [0.15, 0.2) is 0 Å². The van der Waals surface area contributed by atoms with E-state index in [4.69, 9.17) is 11.6 Å². The molecule has 2 nitrogen and oxygen atoms in total. The Hall–Kier alpha value is -0.800. The van der Waals surface area contributed by atoms with Crippen molar-refractivity contribution in [2.75, 3.05) is 0 Å². The molecule has 14 heavy (non-hydrogen) atoms. The van der Waals surface area contributed by atoms with Gasteiger partial charge in [-0.05, 0) is 12.1 Å². The fraction of sp³-hybridized carbons (Fsp3) is 0.300. The standard InChI is InChI=1S/C10H10ClNOS/c1-5(2)10-12-6-3-4-7(13)8(11)9(6)14-10/h3-5,13H,1-2H3. The Morgan fingerprint density at radius 3 is 2.79 bits per heavy atom. The molecule has 1 aromatic carbocycles. The number of thiazole rings is 1. The number of aromatic nitrogens is 1. The summed E-state index contributed by atoms with van der Waals surface area (Å²) in [7, 11) is 0. The van der Waals surface area contributed by atoms with E-state index in [2.05, 4.69) is 18.8 Å². The van der Waals surface area contributed by atoms with Crippen LogP contribution in [0.1, 0.15) is 24.8 Å². The number of nitrogens with zero attached hydrogens (tertiary/aromatic N) is 1. The van der Waals surface area contributed by atoms with Gasteiger partial charge in [0, 0.05) is 5.92 Å². The van der Waals surface area contributed by atoms with Gasteiger partial charge in [0.2, 0.25) is 0 Å². The third kappa shape index (κ3) is 1.47. The molecule has 74 valence electrons. The fourth-order valence-corrected chi connectivity index (χ4v) is 2.49. The smallest absolute Gasteiger partial charge is 0.135 e. The molecule has 1 heterocycles. The van der Waals surface area contributed by atoms with E-state index < -0.39 is 0 Å². The summed E-state index contributed by atoms with van der Waals surface area (Å²) in [5.74, 6) is 0.517. The number of hydrogen-bond donors (Lipinski definition) is 1. The lowest BCUT2D eigenvalue weighted by atomic mass is 10.2. The molecule has 0 atom stereocenters. The summed E-state index contributed by atoms with van der Waals surface area (Å²) in [6.07, 6.45) is 0. The monoisotopic (exact) mass is 227 g/mol. The Bertz CT molecular complexity index is 478. The van der Waals surface area contributed by atoms with Crippen molar-refractivity contribution in [3.63, 3.8) is 0 Å². The second kappa shape index (κ2) is 3.41. The molecular weight excluding hydrogens is 218 g/mol. The van der Waals surface area contributed by atoms with Crippen LogP contribution in [0.2, 0.25) is 5.02 Å². The van der Waals surface area contributed by atoms with Crippen molar-refractivity contribution in [2.45, 2.75) is 19.8 Å². The van der Waals surface area contributed by atoms with E-state index >= 15 is 0 Å². The van der Waals surface area contributed by atoms with Gasteiger partial charge in [-0.25, -0.2) is 4.98 Å². The molecular formula is C10H10ClNOS. The van der Waals surface area contributed by atoms with Crippen molar-refractivity contribution in [3.8, 4) is 5.75 Å². The number of phenols is 1. The van der Waals surface area contributed by atoms with Crippen LogP contribution < -0.4 is 0 Å². The van der Waals surface area contributed by atoms with Gasteiger partial charge in [-0.3, -0.25) is 0 Å². The molecule has 0 spiro atoms. The summed E-state index contributed by atoms with van der Waals surface area (Å²) >= 11 is 7.51. The van der Waals surface area contributed by atoms with Crippen molar-refractivity contribution in [1.82, 2.24) is 4.98 Å². The van der Waals surface area contributed by atoms with Gasteiger partial charge in [-0.15, -0.1) is 11.3 Å². The van der Waals surface area contributed by atoms with Crippen LogP contribution in [0.4, 0.5) is 0 Å². The Morgan fingerprint density at radius 1 is 1.43 bits per heavy atom. The topological polar surface area (TPSA) is 33.1 Å². The van der Waals surface area contributed by atoms with Crippen LogP contribution in [0.5, 0.6) is 5.75 Å². The number of benzene rings is 1. The molecule has 2 rings (SSSR count). The first kappa shape index (κ1) is 9.74. The zero-order valence-electron chi connectivity index (χ0n) is 7.91. The second-order valence-electron chi connectivity index (χ2n) is 3.45. The summed E-state index contributed by atoms with van der Waals surface area (Å²) in [4.78, 5) is 4.44. The van der Waals surface area contributed by atoms with Crippen LogP contribution >= 0.6 is 22.9 Å². The van der Waals surface area contributed by atoms with E-state index in [1.165, 1.54) is 0 Å². The largest absolute Gasteiger partial charge is 0.506 e. The Labute approximate surface area is 91.2 Å². The molecule has 1 N–H and O–H groups in total. The van der Waals surface area contributed by atoms with Crippen molar-refractivity contribution in [2.24, 2.45) is 0 Å². The minimum atomic E-state index is 0.123. The number of hydrogen-bond acceptors (Lipinski definition) is 3. The summed E-state index contributed by atoms with van der Waals surface area (Å²) in [5, 5.41) is 10.9. The number of fused-ring (bicyclic) bond motifs is 1. The maximum absolute atomic E-state index is 9.41. The average molecular weight is 228 g/mol. The van der Waals surface area contributed by atoms with Crippen LogP contribution in [-0.2, 0) is 0 Å². The van der Waals surface area contributed by atoms with E-state index in [0.717, 1.165) is 15.2 Å².